The molecule has 0 heterocycles. The van der Waals surface area contributed by atoms with Crippen LogP contribution in [0.2, 0.25) is 0 Å². The van der Waals surface area contributed by atoms with E-state index in [-0.39, 0.29) is 0 Å². The molecule has 13 heavy (non-hydrogen) atoms. The van der Waals surface area contributed by atoms with Crippen LogP contribution >= 0.6 is 38.5 Å². The van der Waals surface area contributed by atoms with Crippen LogP contribution in [0, 0.1) is 3.57 Å². The molecule has 3 heteroatoms. The van der Waals surface area contributed by atoms with Crippen molar-refractivity contribution in [1.29, 1.82) is 0 Å². The minimum atomic E-state index is 0.298. The Hall–Kier alpha value is 0.1000. The average molecular weight is 351 g/mol. The SMILES string of the molecule is O=C1CCCc2c(Br)ccc(I)c21. The second-order valence-electron chi connectivity index (χ2n) is 3.16. The summed E-state index contributed by atoms with van der Waals surface area (Å²) in [4.78, 5) is 11.6. The Morgan fingerprint density at radius 3 is 2.77 bits per heavy atom. The van der Waals surface area contributed by atoms with Gasteiger partial charge < -0.3 is 0 Å². The highest BCUT2D eigenvalue weighted by atomic mass is 127. The summed E-state index contributed by atoms with van der Waals surface area (Å²) in [7, 11) is 0. The Balaban J connectivity index is 2.67. The van der Waals surface area contributed by atoms with E-state index in [0.717, 1.165) is 26.4 Å². The lowest BCUT2D eigenvalue weighted by atomic mass is 9.91. The molecule has 0 N–H and O–H groups in total. The Bertz CT molecular complexity index is 373. The van der Waals surface area contributed by atoms with Crippen LogP contribution in [0.4, 0.5) is 0 Å². The molecule has 1 nitrogen and oxygen atoms in total. The second kappa shape index (κ2) is 3.69. The summed E-state index contributed by atoms with van der Waals surface area (Å²) in [5.74, 6) is 0.298. The van der Waals surface area contributed by atoms with E-state index >= 15 is 0 Å². The number of rotatable bonds is 0. The Morgan fingerprint density at radius 2 is 2.08 bits per heavy atom. The summed E-state index contributed by atoms with van der Waals surface area (Å²) in [6, 6.07) is 4.02. The number of Topliss-reactive ketones (excluding diaryl/α,β-unsaturated/α-hetero) is 1. The van der Waals surface area contributed by atoms with Crippen LogP contribution in [0.1, 0.15) is 28.8 Å². The average Bonchev–Trinajstić information content (AvgIpc) is 2.12. The molecule has 1 aliphatic rings. The molecule has 0 amide bonds. The highest BCUT2D eigenvalue weighted by Crippen LogP contribution is 2.31. The van der Waals surface area contributed by atoms with Gasteiger partial charge in [0.25, 0.3) is 0 Å². The minimum absolute atomic E-state index is 0.298. The fourth-order valence-corrected chi connectivity index (χ4v) is 3.03. The van der Waals surface area contributed by atoms with Crippen molar-refractivity contribution in [2.75, 3.05) is 0 Å². The molecule has 0 aliphatic heterocycles. The summed E-state index contributed by atoms with van der Waals surface area (Å²) in [6.07, 6.45) is 2.72. The summed E-state index contributed by atoms with van der Waals surface area (Å²) in [6.45, 7) is 0. The van der Waals surface area contributed by atoms with Gasteiger partial charge in [-0.3, -0.25) is 4.79 Å². The van der Waals surface area contributed by atoms with E-state index in [2.05, 4.69) is 38.5 Å². The van der Waals surface area contributed by atoms with Crippen LogP contribution in [0.5, 0.6) is 0 Å². The molecule has 0 spiro atoms. The quantitative estimate of drug-likeness (QED) is 0.654. The summed E-state index contributed by atoms with van der Waals surface area (Å²) in [5.41, 5.74) is 2.14. The van der Waals surface area contributed by atoms with Gasteiger partial charge in [-0.2, -0.15) is 0 Å². The zero-order chi connectivity index (χ0) is 9.42. The second-order valence-corrected chi connectivity index (χ2v) is 5.18. The van der Waals surface area contributed by atoms with E-state index in [4.69, 9.17) is 0 Å². The fraction of sp³-hybridized carbons (Fsp3) is 0.300. The molecule has 0 bridgehead atoms. The van der Waals surface area contributed by atoms with Gasteiger partial charge in [0.1, 0.15) is 0 Å². The van der Waals surface area contributed by atoms with Crippen molar-refractivity contribution in [3.8, 4) is 0 Å². The third kappa shape index (κ3) is 1.68. The Kier molecular flexibility index (Phi) is 2.74. The maximum absolute atomic E-state index is 11.6. The van der Waals surface area contributed by atoms with Gasteiger partial charge in [0.2, 0.25) is 0 Å². The van der Waals surface area contributed by atoms with E-state index in [1.165, 1.54) is 5.56 Å². The first-order chi connectivity index (χ1) is 6.20. The highest BCUT2D eigenvalue weighted by molar-refractivity contribution is 14.1. The Morgan fingerprint density at radius 1 is 1.31 bits per heavy atom. The van der Waals surface area contributed by atoms with Crippen LogP contribution in [-0.2, 0) is 6.42 Å². The Labute approximate surface area is 99.2 Å². The lowest BCUT2D eigenvalue weighted by Gasteiger charge is -2.17. The highest BCUT2D eigenvalue weighted by Gasteiger charge is 2.21. The van der Waals surface area contributed by atoms with Crippen molar-refractivity contribution in [2.45, 2.75) is 19.3 Å². The van der Waals surface area contributed by atoms with Gasteiger partial charge in [-0.1, -0.05) is 15.9 Å². The van der Waals surface area contributed by atoms with Gasteiger partial charge in [0.15, 0.2) is 5.78 Å². The predicted molar refractivity (Wildman–Crippen MR) is 64.1 cm³/mol. The van der Waals surface area contributed by atoms with Crippen LogP contribution in [0.3, 0.4) is 0 Å². The number of hydrogen-bond donors (Lipinski definition) is 0. The van der Waals surface area contributed by atoms with Crippen LogP contribution in [0.15, 0.2) is 16.6 Å². The minimum Gasteiger partial charge on any atom is -0.294 e. The molecule has 1 aromatic carbocycles. The first-order valence-corrected chi connectivity index (χ1v) is 6.07. The van der Waals surface area contributed by atoms with E-state index in [1.807, 2.05) is 12.1 Å². The predicted octanol–water partition coefficient (Wildman–Crippen LogP) is 3.57. The number of carbonyl (C=O) groups is 1. The lowest BCUT2D eigenvalue weighted by Crippen LogP contribution is -2.13. The molecule has 68 valence electrons. The topological polar surface area (TPSA) is 17.1 Å². The van der Waals surface area contributed by atoms with Gasteiger partial charge in [-0.15, -0.1) is 0 Å². The molecule has 0 saturated carbocycles. The number of hydrogen-bond acceptors (Lipinski definition) is 1. The molecular weight excluding hydrogens is 343 g/mol. The molecule has 0 saturated heterocycles. The van der Waals surface area contributed by atoms with Crippen molar-refractivity contribution in [2.24, 2.45) is 0 Å². The molecule has 2 rings (SSSR count). The van der Waals surface area contributed by atoms with Crippen LogP contribution in [0.25, 0.3) is 0 Å². The van der Waals surface area contributed by atoms with Gasteiger partial charge in [0.05, 0.1) is 0 Å². The first kappa shape index (κ1) is 9.65. The molecule has 1 aromatic rings. The van der Waals surface area contributed by atoms with Crippen molar-refractivity contribution < 1.29 is 4.79 Å². The summed E-state index contributed by atoms with van der Waals surface area (Å²) >= 11 is 5.72. The monoisotopic (exact) mass is 350 g/mol. The molecular formula is C10H8BrIO. The van der Waals surface area contributed by atoms with E-state index < -0.39 is 0 Å². The molecule has 0 fully saturated rings. The number of fused-ring (bicyclic) bond motifs is 1. The maximum Gasteiger partial charge on any atom is 0.164 e. The molecule has 1 aliphatic carbocycles. The number of ketones is 1. The third-order valence-corrected chi connectivity index (χ3v) is 3.96. The standard InChI is InChI=1S/C10H8BrIO/c11-7-4-5-8(12)10-6(7)2-1-3-9(10)13/h4-5H,1-3H2. The fourth-order valence-electron chi connectivity index (χ4n) is 1.69. The van der Waals surface area contributed by atoms with Crippen molar-refractivity contribution in [1.82, 2.24) is 0 Å². The van der Waals surface area contributed by atoms with Crippen molar-refractivity contribution in [3.05, 3.63) is 31.3 Å². The summed E-state index contributed by atoms with van der Waals surface area (Å²) < 4.78 is 2.16. The number of halogens is 2. The normalized spacial score (nSPS) is 15.7. The number of carbonyl (C=O) groups excluding carboxylic acids is 1. The van der Waals surface area contributed by atoms with E-state index in [0.29, 0.717) is 12.2 Å². The van der Waals surface area contributed by atoms with Crippen LogP contribution in [-0.4, -0.2) is 5.78 Å². The van der Waals surface area contributed by atoms with Gasteiger partial charge in [-0.05, 0) is 53.1 Å². The van der Waals surface area contributed by atoms with Gasteiger partial charge >= 0.3 is 0 Å². The van der Waals surface area contributed by atoms with Gasteiger partial charge in [-0.25, -0.2) is 0 Å². The molecule has 0 radical (unpaired) electrons. The number of benzene rings is 1. The van der Waals surface area contributed by atoms with E-state index in [1.54, 1.807) is 0 Å². The largest absolute Gasteiger partial charge is 0.294 e. The van der Waals surface area contributed by atoms with Crippen molar-refractivity contribution in [3.63, 3.8) is 0 Å². The summed E-state index contributed by atoms with van der Waals surface area (Å²) in [5, 5.41) is 0. The zero-order valence-electron chi connectivity index (χ0n) is 6.94. The van der Waals surface area contributed by atoms with E-state index in [9.17, 15) is 4.79 Å². The molecule has 0 atom stereocenters. The maximum atomic E-state index is 11.6. The molecule has 0 aromatic heterocycles. The molecule has 0 unspecified atom stereocenters. The third-order valence-electron chi connectivity index (χ3n) is 2.31. The smallest absolute Gasteiger partial charge is 0.164 e. The van der Waals surface area contributed by atoms with Crippen molar-refractivity contribution >= 4 is 44.3 Å². The lowest BCUT2D eigenvalue weighted by molar-refractivity contribution is 0.0971. The van der Waals surface area contributed by atoms with Gasteiger partial charge in [0, 0.05) is 20.0 Å². The first-order valence-electron chi connectivity index (χ1n) is 4.20. The van der Waals surface area contributed by atoms with Crippen LogP contribution < -0.4 is 0 Å². The zero-order valence-corrected chi connectivity index (χ0v) is 10.7.